The molecule has 7 nitrogen and oxygen atoms in total. The Morgan fingerprint density at radius 3 is 2.76 bits per heavy atom. The molecule has 0 aliphatic carbocycles. The van der Waals surface area contributed by atoms with Crippen molar-refractivity contribution >= 4 is 19.0 Å². The van der Waals surface area contributed by atoms with Crippen LogP contribution in [0.2, 0.25) is 0 Å². The Hall–Kier alpha value is -2.84. The summed E-state index contributed by atoms with van der Waals surface area (Å²) < 4.78 is 5.36. The molecule has 2 aromatic rings. The highest BCUT2D eigenvalue weighted by Gasteiger charge is 2.37. The summed E-state index contributed by atoms with van der Waals surface area (Å²) in [7, 11) is -1.34. The third kappa shape index (κ3) is 3.49. The minimum atomic E-state index is -1.34. The van der Waals surface area contributed by atoms with E-state index in [-0.39, 0.29) is 23.6 Å². The monoisotopic (exact) mass is 340 g/mol. The summed E-state index contributed by atoms with van der Waals surface area (Å²) in [6.45, 7) is 0.321. The normalized spacial score (nSPS) is 15.9. The van der Waals surface area contributed by atoms with Gasteiger partial charge in [0.05, 0.1) is 11.5 Å². The van der Waals surface area contributed by atoms with Crippen LogP contribution in [0.4, 0.5) is 0 Å². The van der Waals surface area contributed by atoms with Crippen LogP contribution in [0.1, 0.15) is 31.8 Å². The van der Waals surface area contributed by atoms with Gasteiger partial charge in [-0.15, -0.1) is 0 Å². The molecule has 0 fully saturated rings. The molecule has 1 aliphatic rings. The largest absolute Gasteiger partial charge is 0.547 e. The van der Waals surface area contributed by atoms with Gasteiger partial charge >= 0.3 is 13.1 Å². The lowest BCUT2D eigenvalue weighted by molar-refractivity contribution is 0.0693. The third-order valence-corrected chi connectivity index (χ3v) is 4.09. The Bertz CT molecular complexity index is 826. The maximum Gasteiger partial charge on any atom is 0.547 e. The first kappa shape index (κ1) is 17.0. The van der Waals surface area contributed by atoms with Gasteiger partial charge in [-0.25, -0.2) is 4.79 Å². The molecule has 2 aromatic carbocycles. The van der Waals surface area contributed by atoms with E-state index in [4.69, 9.17) is 10.4 Å². The van der Waals surface area contributed by atoms with Crippen LogP contribution < -0.4 is 15.7 Å². The fourth-order valence-corrected chi connectivity index (χ4v) is 2.81. The Labute approximate surface area is 144 Å². The molecule has 0 saturated heterocycles. The van der Waals surface area contributed by atoms with Crippen molar-refractivity contribution in [3.63, 3.8) is 0 Å². The summed E-state index contributed by atoms with van der Waals surface area (Å²) in [5.41, 5.74) is 7.43. The number of nitrogens with two attached hydrogens (primary N) is 1. The quantitative estimate of drug-likeness (QED) is 0.605. The molecule has 1 heterocycles. The molecule has 25 heavy (non-hydrogen) atoms. The highest BCUT2D eigenvalue weighted by atomic mass is 16.5. The zero-order chi connectivity index (χ0) is 18.0. The van der Waals surface area contributed by atoms with Crippen molar-refractivity contribution in [3.8, 4) is 5.75 Å². The van der Waals surface area contributed by atoms with E-state index in [0.29, 0.717) is 17.7 Å². The lowest BCUT2D eigenvalue weighted by Gasteiger charge is -2.28. The number of rotatable bonds is 4. The molecule has 5 N–H and O–H groups in total. The van der Waals surface area contributed by atoms with Crippen LogP contribution in [-0.4, -0.2) is 35.1 Å². The lowest BCUT2D eigenvalue weighted by Crippen LogP contribution is -2.53. The minimum absolute atomic E-state index is 0.0167. The molecule has 0 spiro atoms. The number of hydrogen-bond acceptors (Lipinski definition) is 5. The van der Waals surface area contributed by atoms with Gasteiger partial charge in [-0.05, 0) is 35.7 Å². The average molecular weight is 340 g/mol. The molecule has 0 aromatic heterocycles. The first-order valence-corrected chi connectivity index (χ1v) is 7.79. The molecule has 8 heteroatoms. The molecular formula is C17H17BN2O5. The van der Waals surface area contributed by atoms with E-state index in [2.05, 4.69) is 5.32 Å². The highest BCUT2D eigenvalue weighted by Crippen LogP contribution is 2.30. The molecule has 0 bridgehead atoms. The van der Waals surface area contributed by atoms with Gasteiger partial charge in [-0.2, -0.15) is 0 Å². The number of fused-ring (bicyclic) bond motifs is 1. The number of para-hydroxylation sites is 1. The van der Waals surface area contributed by atoms with Gasteiger partial charge < -0.3 is 25.8 Å². The van der Waals surface area contributed by atoms with Gasteiger partial charge in [0, 0.05) is 12.1 Å². The van der Waals surface area contributed by atoms with Gasteiger partial charge in [0.2, 0.25) is 0 Å². The number of carboxylic acids is 1. The van der Waals surface area contributed by atoms with Crippen molar-refractivity contribution in [2.45, 2.75) is 18.9 Å². The number of carboxylic acid groups (broad SMARTS) is 1. The summed E-state index contributed by atoms with van der Waals surface area (Å²) in [5, 5.41) is 22.1. The summed E-state index contributed by atoms with van der Waals surface area (Å²) in [5.74, 6) is -2.05. The van der Waals surface area contributed by atoms with Crippen molar-refractivity contribution in [1.82, 2.24) is 5.32 Å². The molecule has 3 rings (SSSR count). The zero-order valence-electron chi connectivity index (χ0n) is 13.3. The van der Waals surface area contributed by atoms with E-state index in [1.165, 1.54) is 6.07 Å². The van der Waals surface area contributed by atoms with Crippen LogP contribution in [0.3, 0.4) is 0 Å². The molecule has 0 unspecified atom stereocenters. The summed E-state index contributed by atoms with van der Waals surface area (Å²) in [6, 6.07) is 11.6. The summed E-state index contributed by atoms with van der Waals surface area (Å²) >= 11 is 0. The predicted octanol–water partition coefficient (Wildman–Crippen LogP) is 0.597. The number of carbonyl (C=O) groups is 2. The smallest absolute Gasteiger partial charge is 0.534 e. The van der Waals surface area contributed by atoms with E-state index in [0.717, 1.165) is 5.56 Å². The first-order valence-electron chi connectivity index (χ1n) is 7.79. The van der Waals surface area contributed by atoms with Crippen LogP contribution in [-0.2, 0) is 13.0 Å². The maximum absolute atomic E-state index is 12.4. The second kappa shape index (κ2) is 6.96. The number of benzene rings is 2. The molecular weight excluding hydrogens is 323 g/mol. The molecule has 0 radical (unpaired) electrons. The van der Waals surface area contributed by atoms with E-state index >= 15 is 0 Å². The Kier molecular flexibility index (Phi) is 4.73. The predicted molar refractivity (Wildman–Crippen MR) is 91.3 cm³/mol. The second-order valence-corrected chi connectivity index (χ2v) is 5.80. The van der Waals surface area contributed by atoms with E-state index in [1.54, 1.807) is 30.3 Å². The number of carbonyl (C=O) groups excluding carboxylic acids is 1. The number of amides is 1. The fourth-order valence-electron chi connectivity index (χ4n) is 2.81. The Morgan fingerprint density at radius 2 is 2.04 bits per heavy atom. The van der Waals surface area contributed by atoms with E-state index in [1.807, 2.05) is 6.07 Å². The van der Waals surface area contributed by atoms with E-state index in [9.17, 15) is 19.7 Å². The van der Waals surface area contributed by atoms with Gasteiger partial charge in [-0.1, -0.05) is 24.3 Å². The molecule has 1 aliphatic heterocycles. The number of aromatic carboxylic acids is 1. The van der Waals surface area contributed by atoms with Gasteiger partial charge in [0.15, 0.2) is 0 Å². The SMILES string of the molecule is NCc1cccc(C(=O)N[C@H]2Cc3cccc(C(=O)O)c3OB2O)c1. The lowest BCUT2D eigenvalue weighted by atomic mass is 9.72. The second-order valence-electron chi connectivity index (χ2n) is 5.80. The van der Waals surface area contributed by atoms with Crippen molar-refractivity contribution in [2.24, 2.45) is 5.73 Å². The molecule has 1 amide bonds. The van der Waals surface area contributed by atoms with Crippen LogP contribution in [0.15, 0.2) is 42.5 Å². The maximum atomic E-state index is 12.4. The first-order chi connectivity index (χ1) is 12.0. The Balaban J connectivity index is 1.79. The van der Waals surface area contributed by atoms with Crippen LogP contribution in [0.5, 0.6) is 5.75 Å². The minimum Gasteiger partial charge on any atom is -0.534 e. The Morgan fingerprint density at radius 1 is 1.28 bits per heavy atom. The van der Waals surface area contributed by atoms with Crippen molar-refractivity contribution in [3.05, 3.63) is 64.7 Å². The van der Waals surface area contributed by atoms with Crippen LogP contribution >= 0.6 is 0 Å². The molecule has 1 atom stereocenters. The topological polar surface area (TPSA) is 122 Å². The highest BCUT2D eigenvalue weighted by molar-refractivity contribution is 6.47. The molecule has 0 saturated carbocycles. The van der Waals surface area contributed by atoms with Crippen LogP contribution in [0.25, 0.3) is 0 Å². The van der Waals surface area contributed by atoms with Gasteiger partial charge in [0.1, 0.15) is 5.75 Å². The average Bonchev–Trinajstić information content (AvgIpc) is 2.61. The van der Waals surface area contributed by atoms with Gasteiger partial charge in [-0.3, -0.25) is 4.79 Å². The molecule has 128 valence electrons. The zero-order valence-corrected chi connectivity index (χ0v) is 13.3. The fraction of sp³-hybridized carbons (Fsp3) is 0.176. The number of nitrogens with one attached hydrogen (secondary N) is 1. The summed E-state index contributed by atoms with van der Waals surface area (Å²) in [4.78, 5) is 23.6. The standard InChI is InChI=1S/C17H17BN2O5/c19-9-10-3-1-5-12(7-10)16(21)20-14-8-11-4-2-6-13(17(22)23)15(11)25-18(14)24/h1-7,14,24H,8-9,19H2,(H,20,21)(H,22,23)/t14-/m0/s1. The van der Waals surface area contributed by atoms with Crippen LogP contribution in [0, 0.1) is 0 Å². The van der Waals surface area contributed by atoms with Crippen molar-refractivity contribution in [2.75, 3.05) is 0 Å². The number of hydrogen-bond donors (Lipinski definition) is 4. The van der Waals surface area contributed by atoms with Crippen molar-refractivity contribution in [1.29, 1.82) is 0 Å². The third-order valence-electron chi connectivity index (χ3n) is 4.09. The van der Waals surface area contributed by atoms with Crippen molar-refractivity contribution < 1.29 is 24.4 Å². The summed E-state index contributed by atoms with van der Waals surface area (Å²) in [6.07, 6.45) is 0.264. The van der Waals surface area contributed by atoms with E-state index < -0.39 is 19.0 Å². The van der Waals surface area contributed by atoms with Gasteiger partial charge in [0.25, 0.3) is 5.91 Å².